The molecule has 2 aromatic carbocycles. The molecule has 0 bridgehead atoms. The summed E-state index contributed by atoms with van der Waals surface area (Å²) in [5.41, 5.74) is 0.419. The van der Waals surface area contributed by atoms with Gasteiger partial charge in [0.05, 0.1) is 18.5 Å². The number of anilines is 3. The van der Waals surface area contributed by atoms with E-state index in [-0.39, 0.29) is 23.1 Å². The van der Waals surface area contributed by atoms with Crippen LogP contribution in [0.1, 0.15) is 0 Å². The third kappa shape index (κ3) is 6.76. The molecule has 0 spiro atoms. The fourth-order valence-electron chi connectivity index (χ4n) is 3.71. The molecule has 1 amide bonds. The van der Waals surface area contributed by atoms with Crippen LogP contribution < -0.4 is 30.4 Å². The Morgan fingerprint density at radius 1 is 1.10 bits per heavy atom. The molecule has 4 rings (SSSR count). The molecule has 0 atom stereocenters. The maximum Gasteiger partial charge on any atom is 0.294 e. The van der Waals surface area contributed by atoms with Crippen LogP contribution in [0.3, 0.4) is 0 Å². The van der Waals surface area contributed by atoms with Crippen molar-refractivity contribution in [1.82, 2.24) is 19.4 Å². The largest absolute Gasteiger partial charge is 0.494 e. The Bertz CT molecular complexity index is 1670. The second-order valence-electron chi connectivity index (χ2n) is 9.04. The van der Waals surface area contributed by atoms with Crippen LogP contribution in [0.25, 0.3) is 11.0 Å². The minimum atomic E-state index is -0.949. The minimum Gasteiger partial charge on any atom is -0.494 e. The highest BCUT2D eigenvalue weighted by molar-refractivity contribution is 6.00. The molecule has 0 radical (unpaired) electrons. The van der Waals surface area contributed by atoms with Gasteiger partial charge in [0.2, 0.25) is 11.9 Å². The first kappa shape index (κ1) is 29.0. The van der Waals surface area contributed by atoms with Gasteiger partial charge in [-0.3, -0.25) is 14.2 Å². The molecule has 0 fully saturated rings. The van der Waals surface area contributed by atoms with E-state index in [9.17, 15) is 18.4 Å². The molecule has 214 valence electrons. The lowest BCUT2D eigenvalue weighted by atomic mass is 10.2. The van der Waals surface area contributed by atoms with Gasteiger partial charge in [0.1, 0.15) is 29.6 Å². The van der Waals surface area contributed by atoms with Gasteiger partial charge in [0.15, 0.2) is 17.3 Å². The minimum absolute atomic E-state index is 0.117. The summed E-state index contributed by atoms with van der Waals surface area (Å²) < 4.78 is 45.4. The third-order valence-electron chi connectivity index (χ3n) is 5.82. The van der Waals surface area contributed by atoms with Crippen LogP contribution in [0.15, 0.2) is 60.0 Å². The van der Waals surface area contributed by atoms with Gasteiger partial charge in [-0.1, -0.05) is 6.58 Å². The standard InChI is InChI=1S/C28H28F2N6O5/c1-6-25(37)32-20-13-19(22(39-5)14-23(20)40-10-9-35(2)3)33-28-31-15-16-11-24(27(38)36(4)26(16)34-28)41-21-8-7-17(29)12-18(21)30/h6-8,11-15H,1,9-10H2,2-5H3,(H,32,37)(H,31,33,34). The quantitative estimate of drug-likeness (QED) is 0.257. The van der Waals surface area contributed by atoms with Crippen LogP contribution in [-0.4, -0.2) is 59.7 Å². The molecule has 2 aromatic heterocycles. The van der Waals surface area contributed by atoms with Crippen molar-refractivity contribution in [3.8, 4) is 23.0 Å². The van der Waals surface area contributed by atoms with Gasteiger partial charge in [0, 0.05) is 37.3 Å². The second kappa shape index (κ2) is 12.4. The number of pyridine rings is 1. The van der Waals surface area contributed by atoms with E-state index in [1.807, 2.05) is 19.0 Å². The average Bonchev–Trinajstić information content (AvgIpc) is 2.94. The number of nitrogens with zero attached hydrogens (tertiary/aromatic N) is 4. The number of nitrogens with one attached hydrogen (secondary N) is 2. The number of fused-ring (bicyclic) bond motifs is 1. The number of ether oxygens (including phenoxy) is 3. The van der Waals surface area contributed by atoms with Crippen molar-refractivity contribution in [3.63, 3.8) is 0 Å². The number of methoxy groups -OCH3 is 1. The smallest absolute Gasteiger partial charge is 0.294 e. The summed E-state index contributed by atoms with van der Waals surface area (Å²) in [4.78, 5) is 35.7. The van der Waals surface area contributed by atoms with Crippen LogP contribution in [-0.2, 0) is 11.8 Å². The maximum absolute atomic E-state index is 14.1. The first-order chi connectivity index (χ1) is 19.6. The lowest BCUT2D eigenvalue weighted by molar-refractivity contribution is -0.111. The molecular weight excluding hydrogens is 538 g/mol. The molecule has 13 heteroatoms. The number of aromatic nitrogens is 3. The predicted molar refractivity (Wildman–Crippen MR) is 150 cm³/mol. The van der Waals surface area contributed by atoms with E-state index >= 15 is 0 Å². The average molecular weight is 567 g/mol. The van der Waals surface area contributed by atoms with E-state index in [1.54, 1.807) is 12.1 Å². The number of benzene rings is 2. The van der Waals surface area contributed by atoms with E-state index < -0.39 is 23.1 Å². The number of aryl methyl sites for hydroxylation is 1. The summed E-state index contributed by atoms with van der Waals surface area (Å²) in [5, 5.41) is 6.18. The number of carbonyl (C=O) groups excluding carboxylic acids is 1. The zero-order valence-corrected chi connectivity index (χ0v) is 22.8. The number of carbonyl (C=O) groups is 1. The summed E-state index contributed by atoms with van der Waals surface area (Å²) in [6, 6.07) is 7.36. The Morgan fingerprint density at radius 3 is 2.56 bits per heavy atom. The van der Waals surface area contributed by atoms with Crippen molar-refractivity contribution in [3.05, 3.63) is 77.2 Å². The van der Waals surface area contributed by atoms with Crippen molar-refractivity contribution in [2.24, 2.45) is 7.05 Å². The molecule has 4 aromatic rings. The normalized spacial score (nSPS) is 10.9. The van der Waals surface area contributed by atoms with Crippen LogP contribution >= 0.6 is 0 Å². The van der Waals surface area contributed by atoms with Gasteiger partial charge >= 0.3 is 0 Å². The van der Waals surface area contributed by atoms with Crippen LogP contribution in [0.4, 0.5) is 26.1 Å². The highest BCUT2D eigenvalue weighted by Crippen LogP contribution is 2.38. The fraction of sp³-hybridized carbons (Fsp3) is 0.214. The molecule has 0 aliphatic heterocycles. The van der Waals surface area contributed by atoms with Crippen molar-refractivity contribution in [1.29, 1.82) is 0 Å². The van der Waals surface area contributed by atoms with Crippen molar-refractivity contribution >= 4 is 34.3 Å². The highest BCUT2D eigenvalue weighted by atomic mass is 19.1. The van der Waals surface area contributed by atoms with E-state index in [0.717, 1.165) is 18.2 Å². The first-order valence-electron chi connectivity index (χ1n) is 12.3. The Balaban J connectivity index is 1.67. The zero-order chi connectivity index (χ0) is 29.7. The SMILES string of the molecule is C=CC(=O)Nc1cc(Nc2ncc3cc(Oc4ccc(F)cc4F)c(=O)n(C)c3n2)c(OC)cc1OCCN(C)C. The Labute approximate surface area is 234 Å². The van der Waals surface area contributed by atoms with Crippen molar-refractivity contribution in [2.75, 3.05) is 45.0 Å². The summed E-state index contributed by atoms with van der Waals surface area (Å²) in [7, 11) is 6.77. The summed E-state index contributed by atoms with van der Waals surface area (Å²) in [5.74, 6) is -1.77. The van der Waals surface area contributed by atoms with Crippen LogP contribution in [0, 0.1) is 11.6 Å². The van der Waals surface area contributed by atoms with Gasteiger partial charge in [-0.2, -0.15) is 4.98 Å². The lowest BCUT2D eigenvalue weighted by Crippen LogP contribution is -2.20. The van der Waals surface area contributed by atoms with Crippen molar-refractivity contribution < 1.29 is 27.8 Å². The Kier molecular flexibility index (Phi) is 8.78. The van der Waals surface area contributed by atoms with Crippen LogP contribution in [0.5, 0.6) is 23.0 Å². The molecular formula is C28H28F2N6O5. The predicted octanol–water partition coefficient (Wildman–Crippen LogP) is 4.22. The van der Waals surface area contributed by atoms with Gasteiger partial charge in [-0.05, 0) is 44.4 Å². The Morgan fingerprint density at radius 2 is 1.88 bits per heavy atom. The van der Waals surface area contributed by atoms with E-state index in [1.165, 1.54) is 31.0 Å². The number of hydrogen-bond acceptors (Lipinski definition) is 9. The molecule has 41 heavy (non-hydrogen) atoms. The van der Waals surface area contributed by atoms with E-state index in [0.29, 0.717) is 47.5 Å². The first-order valence-corrected chi connectivity index (χ1v) is 12.3. The monoisotopic (exact) mass is 566 g/mol. The number of halogens is 2. The molecule has 0 saturated carbocycles. The van der Waals surface area contributed by atoms with Gasteiger partial charge in [-0.15, -0.1) is 0 Å². The molecule has 11 nitrogen and oxygen atoms in total. The third-order valence-corrected chi connectivity index (χ3v) is 5.82. The van der Waals surface area contributed by atoms with Crippen molar-refractivity contribution in [2.45, 2.75) is 0 Å². The molecule has 0 unspecified atom stereocenters. The van der Waals surface area contributed by atoms with Gasteiger partial charge < -0.3 is 29.7 Å². The van der Waals surface area contributed by atoms with E-state index in [4.69, 9.17) is 14.2 Å². The van der Waals surface area contributed by atoms with Gasteiger partial charge in [0.25, 0.3) is 5.56 Å². The van der Waals surface area contributed by atoms with E-state index in [2.05, 4.69) is 27.2 Å². The van der Waals surface area contributed by atoms with Gasteiger partial charge in [-0.25, -0.2) is 13.8 Å². The molecule has 2 N–H and O–H groups in total. The summed E-state index contributed by atoms with van der Waals surface area (Å²) in [6.07, 6.45) is 2.58. The second-order valence-corrected chi connectivity index (χ2v) is 9.04. The topological polar surface area (TPSA) is 120 Å². The maximum atomic E-state index is 14.1. The zero-order valence-electron chi connectivity index (χ0n) is 22.8. The number of likely N-dealkylation sites (N-methyl/N-ethyl adjacent to an activating group) is 1. The highest BCUT2D eigenvalue weighted by Gasteiger charge is 2.17. The Hall–Kier alpha value is -5.04. The fourth-order valence-corrected chi connectivity index (χ4v) is 3.71. The number of hydrogen-bond donors (Lipinski definition) is 2. The number of amides is 1. The molecule has 0 saturated heterocycles. The number of rotatable bonds is 11. The summed E-state index contributed by atoms with van der Waals surface area (Å²) in [6.45, 7) is 4.49. The molecule has 0 aliphatic rings. The lowest BCUT2D eigenvalue weighted by Gasteiger charge is -2.18. The summed E-state index contributed by atoms with van der Waals surface area (Å²) >= 11 is 0. The van der Waals surface area contributed by atoms with Crippen LogP contribution in [0.2, 0.25) is 0 Å². The molecule has 2 heterocycles. The molecule has 0 aliphatic carbocycles.